The number of aryl methyl sites for hydroxylation is 1. The topological polar surface area (TPSA) is 35.4 Å². The van der Waals surface area contributed by atoms with Crippen LogP contribution in [0.15, 0.2) is 53.5 Å². The second-order valence-electron chi connectivity index (χ2n) is 5.35. The number of rotatable bonds is 6. The zero-order chi connectivity index (χ0) is 17.6. The molecule has 24 heavy (non-hydrogen) atoms. The molecule has 0 heterocycles. The van der Waals surface area contributed by atoms with Gasteiger partial charge in [-0.25, -0.2) is 0 Å². The maximum atomic E-state index is 12.5. The summed E-state index contributed by atoms with van der Waals surface area (Å²) in [5, 5.41) is 12.4. The van der Waals surface area contributed by atoms with E-state index in [1.54, 1.807) is 12.1 Å². The first-order valence-corrected chi connectivity index (χ1v) is 7.83. The molecule has 0 amide bonds. The van der Waals surface area contributed by atoms with Crippen molar-refractivity contribution in [1.29, 1.82) is 0 Å². The van der Waals surface area contributed by atoms with Gasteiger partial charge in [0.2, 0.25) is 0 Å². The Morgan fingerprint density at radius 2 is 1.46 bits per heavy atom. The summed E-state index contributed by atoms with van der Waals surface area (Å²) in [6, 6.07) is 12.2. The zero-order valence-corrected chi connectivity index (χ0v) is 13.6. The van der Waals surface area contributed by atoms with Crippen LogP contribution in [-0.4, -0.2) is 12.4 Å². The molecule has 0 aliphatic heterocycles. The van der Waals surface area contributed by atoms with Gasteiger partial charge in [-0.2, -0.15) is 13.2 Å². The van der Waals surface area contributed by atoms with E-state index in [1.807, 2.05) is 12.1 Å². The van der Waals surface area contributed by atoms with E-state index in [0.29, 0.717) is 30.0 Å². The molecule has 0 unspecified atom stereocenters. The Hall–Kier alpha value is -2.01. The van der Waals surface area contributed by atoms with E-state index >= 15 is 0 Å². The van der Waals surface area contributed by atoms with E-state index in [0.717, 1.165) is 17.7 Å². The number of aliphatic imine (C=N–C) groups is 1. The Labute approximate surface area is 143 Å². The van der Waals surface area contributed by atoms with Crippen molar-refractivity contribution in [2.45, 2.75) is 25.4 Å². The number of nitrogens with zero attached hydrogens (tertiary/aromatic N) is 1. The van der Waals surface area contributed by atoms with Crippen LogP contribution < -0.4 is 5.11 Å². The van der Waals surface area contributed by atoms with Crippen molar-refractivity contribution in [3.05, 3.63) is 70.2 Å². The molecule has 0 aromatic heterocycles. The minimum Gasteiger partial charge on any atom is -0.862 e. The first-order chi connectivity index (χ1) is 11.3. The molecular weight excluding hydrogens is 339 g/mol. The first-order valence-electron chi connectivity index (χ1n) is 7.45. The minimum absolute atomic E-state index is 0.186. The molecule has 0 spiro atoms. The van der Waals surface area contributed by atoms with Gasteiger partial charge >= 0.3 is 6.18 Å². The lowest BCUT2D eigenvalue weighted by molar-refractivity contribution is -0.219. The summed E-state index contributed by atoms with van der Waals surface area (Å²) in [5.74, 6) is -0.246. The van der Waals surface area contributed by atoms with E-state index in [4.69, 9.17) is 11.6 Å². The quantitative estimate of drug-likeness (QED) is 0.563. The molecule has 2 nitrogen and oxygen atoms in total. The standard InChI is InChI=1S/C18H17ClF3NO/c19-16-8-3-14(4-9-16)11-12-23-17(24)10-5-13-1-6-15(7-2-13)18(20,21)22/h1-4,6-9H,5,10-12H2,(H,23,24)/p-1. The summed E-state index contributed by atoms with van der Waals surface area (Å²) in [6.45, 7) is 0.382. The highest BCUT2D eigenvalue weighted by atomic mass is 35.5. The summed E-state index contributed by atoms with van der Waals surface area (Å²) >= 11 is 5.79. The summed E-state index contributed by atoms with van der Waals surface area (Å²) in [5.41, 5.74) is 1.04. The summed E-state index contributed by atoms with van der Waals surface area (Å²) in [7, 11) is 0. The molecule has 0 saturated heterocycles. The third-order valence-corrected chi connectivity index (χ3v) is 3.76. The van der Waals surface area contributed by atoms with Crippen molar-refractivity contribution in [2.75, 3.05) is 6.54 Å². The molecule has 0 saturated carbocycles. The van der Waals surface area contributed by atoms with Crippen molar-refractivity contribution in [1.82, 2.24) is 0 Å². The fraction of sp³-hybridized carbons (Fsp3) is 0.278. The minimum atomic E-state index is -4.34. The number of benzene rings is 2. The average Bonchev–Trinajstić information content (AvgIpc) is 2.54. The second kappa shape index (κ2) is 8.20. The van der Waals surface area contributed by atoms with E-state index < -0.39 is 11.7 Å². The predicted molar refractivity (Wildman–Crippen MR) is 87.2 cm³/mol. The Morgan fingerprint density at radius 3 is 2.04 bits per heavy atom. The van der Waals surface area contributed by atoms with Crippen LogP contribution in [0.25, 0.3) is 0 Å². The SMILES string of the molecule is [O-]C(CCc1ccc(C(F)(F)F)cc1)=NCCc1ccc(Cl)cc1. The molecule has 0 bridgehead atoms. The fourth-order valence-corrected chi connectivity index (χ4v) is 2.28. The molecule has 2 rings (SSSR count). The predicted octanol–water partition coefficient (Wildman–Crippen LogP) is 4.29. The van der Waals surface area contributed by atoms with Gasteiger partial charge in [0.05, 0.1) is 5.56 Å². The molecule has 0 aliphatic carbocycles. The Morgan fingerprint density at radius 1 is 0.917 bits per heavy atom. The van der Waals surface area contributed by atoms with Crippen molar-refractivity contribution < 1.29 is 18.3 Å². The van der Waals surface area contributed by atoms with Crippen LogP contribution in [0, 0.1) is 0 Å². The smallest absolute Gasteiger partial charge is 0.416 e. The molecule has 0 aliphatic rings. The van der Waals surface area contributed by atoms with Crippen LogP contribution in [0.5, 0.6) is 0 Å². The summed E-state index contributed by atoms with van der Waals surface area (Å²) < 4.78 is 37.4. The highest BCUT2D eigenvalue weighted by Crippen LogP contribution is 2.29. The molecule has 0 atom stereocenters. The van der Waals surface area contributed by atoms with Gasteiger partial charge in [-0.1, -0.05) is 35.9 Å². The van der Waals surface area contributed by atoms with E-state index in [9.17, 15) is 18.3 Å². The molecule has 128 valence electrons. The maximum Gasteiger partial charge on any atom is 0.416 e. The van der Waals surface area contributed by atoms with E-state index in [2.05, 4.69) is 4.99 Å². The van der Waals surface area contributed by atoms with Gasteiger partial charge in [-0.05, 0) is 60.6 Å². The lowest BCUT2D eigenvalue weighted by Crippen LogP contribution is -2.19. The van der Waals surface area contributed by atoms with Crippen LogP contribution in [-0.2, 0) is 19.0 Å². The molecule has 6 heteroatoms. The normalized spacial score (nSPS) is 12.4. The summed E-state index contributed by atoms with van der Waals surface area (Å²) in [6.07, 6.45) is -3.14. The lowest BCUT2D eigenvalue weighted by atomic mass is 10.1. The largest absolute Gasteiger partial charge is 0.862 e. The van der Waals surface area contributed by atoms with Gasteiger partial charge in [-0.3, -0.25) is 0 Å². The van der Waals surface area contributed by atoms with Gasteiger partial charge in [0, 0.05) is 11.6 Å². The van der Waals surface area contributed by atoms with Crippen LogP contribution in [0.3, 0.4) is 0 Å². The van der Waals surface area contributed by atoms with Crippen LogP contribution in [0.4, 0.5) is 13.2 Å². The molecule has 2 aromatic rings. The van der Waals surface area contributed by atoms with Crippen molar-refractivity contribution in [3.63, 3.8) is 0 Å². The van der Waals surface area contributed by atoms with Gasteiger partial charge < -0.3 is 10.1 Å². The molecule has 2 aromatic carbocycles. The van der Waals surface area contributed by atoms with Gasteiger partial charge in [0.1, 0.15) is 0 Å². The number of halogens is 4. The fourth-order valence-electron chi connectivity index (χ4n) is 2.15. The lowest BCUT2D eigenvalue weighted by Gasteiger charge is -2.11. The molecule has 0 fully saturated rings. The third kappa shape index (κ3) is 5.89. The van der Waals surface area contributed by atoms with Crippen LogP contribution in [0.1, 0.15) is 23.1 Å². The highest BCUT2D eigenvalue weighted by molar-refractivity contribution is 6.30. The van der Waals surface area contributed by atoms with Crippen LogP contribution >= 0.6 is 11.6 Å². The summed E-state index contributed by atoms with van der Waals surface area (Å²) in [4.78, 5) is 3.96. The average molecular weight is 355 g/mol. The Bertz CT molecular complexity index is 679. The van der Waals surface area contributed by atoms with Gasteiger partial charge in [-0.15, -0.1) is 0 Å². The Kier molecular flexibility index (Phi) is 6.26. The first kappa shape index (κ1) is 18.3. The van der Waals surface area contributed by atoms with Gasteiger partial charge in [0.25, 0.3) is 0 Å². The zero-order valence-electron chi connectivity index (χ0n) is 12.8. The maximum absolute atomic E-state index is 12.5. The second-order valence-corrected chi connectivity index (χ2v) is 5.78. The number of hydrogen-bond donors (Lipinski definition) is 0. The molecule has 0 N–H and O–H groups in total. The highest BCUT2D eigenvalue weighted by Gasteiger charge is 2.29. The number of hydrogen-bond acceptors (Lipinski definition) is 2. The van der Waals surface area contributed by atoms with Crippen molar-refractivity contribution in [3.8, 4) is 0 Å². The molecular formula is C18H16ClF3NO-. The third-order valence-electron chi connectivity index (χ3n) is 3.51. The van der Waals surface area contributed by atoms with E-state index in [1.165, 1.54) is 12.1 Å². The van der Waals surface area contributed by atoms with Crippen LogP contribution in [0.2, 0.25) is 5.02 Å². The molecule has 0 radical (unpaired) electrons. The Balaban J connectivity index is 1.79. The van der Waals surface area contributed by atoms with Crippen molar-refractivity contribution >= 4 is 17.5 Å². The monoisotopic (exact) mass is 354 g/mol. The number of alkyl halides is 3. The van der Waals surface area contributed by atoms with Crippen molar-refractivity contribution in [2.24, 2.45) is 4.99 Å². The van der Waals surface area contributed by atoms with E-state index in [-0.39, 0.29) is 12.3 Å². The van der Waals surface area contributed by atoms with Gasteiger partial charge in [0.15, 0.2) is 0 Å².